The van der Waals surface area contributed by atoms with Crippen molar-refractivity contribution >= 4 is 0 Å². The van der Waals surface area contributed by atoms with Gasteiger partial charge in [0.05, 0.1) is 0 Å². The van der Waals surface area contributed by atoms with Crippen molar-refractivity contribution in [3.05, 3.63) is 29.6 Å². The summed E-state index contributed by atoms with van der Waals surface area (Å²) in [5.74, 6) is 0. The lowest BCUT2D eigenvalue weighted by Crippen LogP contribution is -2.24. The number of aryl methyl sites for hydroxylation is 1. The lowest BCUT2D eigenvalue weighted by Gasteiger charge is -2.03. The third-order valence-corrected chi connectivity index (χ3v) is 1.87. The van der Waals surface area contributed by atoms with E-state index in [1.54, 1.807) is 0 Å². The van der Waals surface area contributed by atoms with Gasteiger partial charge in [-0.2, -0.15) is 0 Å². The van der Waals surface area contributed by atoms with E-state index in [0.29, 0.717) is 6.54 Å². The van der Waals surface area contributed by atoms with Crippen LogP contribution in [0.1, 0.15) is 11.3 Å². The van der Waals surface area contributed by atoms with Gasteiger partial charge in [-0.3, -0.25) is 4.98 Å². The first-order valence-corrected chi connectivity index (χ1v) is 4.65. The Morgan fingerprint density at radius 3 is 3.00 bits per heavy atom. The van der Waals surface area contributed by atoms with Gasteiger partial charge in [0.2, 0.25) is 0 Å². The Morgan fingerprint density at radius 1 is 1.46 bits per heavy atom. The van der Waals surface area contributed by atoms with Crippen molar-refractivity contribution in [2.24, 2.45) is 5.73 Å². The van der Waals surface area contributed by atoms with Crippen molar-refractivity contribution < 1.29 is 0 Å². The molecule has 0 saturated heterocycles. The number of aromatic nitrogens is 1. The van der Waals surface area contributed by atoms with Crippen molar-refractivity contribution in [2.45, 2.75) is 13.3 Å². The highest BCUT2D eigenvalue weighted by molar-refractivity contribution is 5.15. The Kier molecular flexibility index (Phi) is 4.43. The van der Waals surface area contributed by atoms with Gasteiger partial charge in [0.25, 0.3) is 0 Å². The molecule has 1 heterocycles. The highest BCUT2D eigenvalue weighted by atomic mass is 14.9. The van der Waals surface area contributed by atoms with Gasteiger partial charge in [-0.1, -0.05) is 0 Å². The van der Waals surface area contributed by atoms with E-state index < -0.39 is 0 Å². The quantitative estimate of drug-likeness (QED) is 0.646. The molecule has 0 aromatic carbocycles. The normalized spacial score (nSPS) is 10.3. The number of nitrogens with zero attached hydrogens (tertiary/aromatic N) is 1. The fourth-order valence-electron chi connectivity index (χ4n) is 1.22. The lowest BCUT2D eigenvalue weighted by molar-refractivity contribution is 0.688. The highest BCUT2D eigenvalue weighted by Crippen LogP contribution is 2.00. The molecule has 72 valence electrons. The number of nitrogens with two attached hydrogens (primary N) is 1. The summed E-state index contributed by atoms with van der Waals surface area (Å²) < 4.78 is 0. The van der Waals surface area contributed by atoms with E-state index in [4.69, 9.17) is 5.73 Å². The third-order valence-electron chi connectivity index (χ3n) is 1.87. The molecule has 0 atom stereocenters. The Balaban J connectivity index is 2.28. The highest BCUT2D eigenvalue weighted by Gasteiger charge is 1.92. The van der Waals surface area contributed by atoms with Crippen LogP contribution in [0.5, 0.6) is 0 Å². The average Bonchev–Trinajstić information content (AvgIpc) is 2.13. The van der Waals surface area contributed by atoms with Gasteiger partial charge >= 0.3 is 0 Å². The maximum atomic E-state index is 5.36. The molecule has 0 aliphatic rings. The largest absolute Gasteiger partial charge is 0.329 e. The second-order valence-electron chi connectivity index (χ2n) is 3.09. The SMILES string of the molecule is Cc1cc(CCNCCN)ccn1. The summed E-state index contributed by atoms with van der Waals surface area (Å²) in [6.07, 6.45) is 2.90. The van der Waals surface area contributed by atoms with Gasteiger partial charge in [-0.25, -0.2) is 0 Å². The molecule has 0 amide bonds. The molecule has 1 aromatic heterocycles. The van der Waals surface area contributed by atoms with Crippen LogP contribution in [0.3, 0.4) is 0 Å². The van der Waals surface area contributed by atoms with E-state index in [9.17, 15) is 0 Å². The van der Waals surface area contributed by atoms with Gasteiger partial charge in [0.15, 0.2) is 0 Å². The summed E-state index contributed by atoms with van der Waals surface area (Å²) in [6.45, 7) is 4.59. The number of rotatable bonds is 5. The molecule has 3 nitrogen and oxygen atoms in total. The van der Waals surface area contributed by atoms with Crippen LogP contribution in [0.15, 0.2) is 18.3 Å². The zero-order chi connectivity index (χ0) is 9.52. The van der Waals surface area contributed by atoms with Crippen LogP contribution in [0.25, 0.3) is 0 Å². The predicted octanol–water partition coefficient (Wildman–Crippen LogP) is 0.481. The fraction of sp³-hybridized carbons (Fsp3) is 0.500. The van der Waals surface area contributed by atoms with Gasteiger partial charge in [-0.15, -0.1) is 0 Å². The van der Waals surface area contributed by atoms with E-state index >= 15 is 0 Å². The minimum absolute atomic E-state index is 0.704. The minimum atomic E-state index is 0.704. The molecule has 13 heavy (non-hydrogen) atoms. The van der Waals surface area contributed by atoms with Crippen LogP contribution in [-0.4, -0.2) is 24.6 Å². The summed E-state index contributed by atoms with van der Waals surface area (Å²) in [5.41, 5.74) is 7.77. The van der Waals surface area contributed by atoms with Gasteiger partial charge < -0.3 is 11.1 Å². The van der Waals surface area contributed by atoms with Crippen molar-refractivity contribution in [3.8, 4) is 0 Å². The second kappa shape index (κ2) is 5.67. The van der Waals surface area contributed by atoms with Crippen LogP contribution in [-0.2, 0) is 6.42 Å². The zero-order valence-electron chi connectivity index (χ0n) is 8.09. The molecule has 3 N–H and O–H groups in total. The van der Waals surface area contributed by atoms with E-state index in [0.717, 1.165) is 25.2 Å². The standard InChI is InChI=1S/C10H17N3/c1-9-8-10(3-6-13-9)2-5-12-7-4-11/h3,6,8,12H,2,4-5,7,11H2,1H3. The molecule has 0 unspecified atom stereocenters. The van der Waals surface area contributed by atoms with E-state index in [2.05, 4.69) is 22.4 Å². The Hall–Kier alpha value is -0.930. The van der Waals surface area contributed by atoms with Crippen molar-refractivity contribution in [3.63, 3.8) is 0 Å². The molecule has 0 saturated carbocycles. The third kappa shape index (κ3) is 4.01. The summed E-state index contributed by atoms with van der Waals surface area (Å²) in [6, 6.07) is 4.17. The van der Waals surface area contributed by atoms with Crippen LogP contribution < -0.4 is 11.1 Å². The Labute approximate surface area is 79.4 Å². The predicted molar refractivity (Wildman–Crippen MR) is 54.6 cm³/mol. The van der Waals surface area contributed by atoms with E-state index in [1.165, 1.54) is 5.56 Å². The molecule has 3 heteroatoms. The topological polar surface area (TPSA) is 50.9 Å². The number of hydrogen-bond donors (Lipinski definition) is 2. The first kappa shape index (κ1) is 10.2. The molecule has 0 spiro atoms. The van der Waals surface area contributed by atoms with E-state index in [1.807, 2.05) is 13.1 Å². The smallest absolute Gasteiger partial charge is 0.0375 e. The molecule has 1 aromatic rings. The van der Waals surface area contributed by atoms with Gasteiger partial charge in [0.1, 0.15) is 0 Å². The number of nitrogens with one attached hydrogen (secondary N) is 1. The molecule has 0 aliphatic carbocycles. The first-order valence-electron chi connectivity index (χ1n) is 4.65. The van der Waals surface area contributed by atoms with Crippen molar-refractivity contribution in [2.75, 3.05) is 19.6 Å². The maximum Gasteiger partial charge on any atom is 0.0375 e. The van der Waals surface area contributed by atoms with E-state index in [-0.39, 0.29) is 0 Å². The van der Waals surface area contributed by atoms with Gasteiger partial charge in [-0.05, 0) is 37.6 Å². The monoisotopic (exact) mass is 179 g/mol. The fourth-order valence-corrected chi connectivity index (χ4v) is 1.22. The molecule has 0 bridgehead atoms. The zero-order valence-corrected chi connectivity index (χ0v) is 8.09. The summed E-state index contributed by atoms with van der Waals surface area (Å²) >= 11 is 0. The molecular weight excluding hydrogens is 162 g/mol. The molecular formula is C10H17N3. The molecule has 1 rings (SSSR count). The Morgan fingerprint density at radius 2 is 2.31 bits per heavy atom. The van der Waals surface area contributed by atoms with Crippen LogP contribution in [0.2, 0.25) is 0 Å². The second-order valence-corrected chi connectivity index (χ2v) is 3.09. The molecule has 0 fully saturated rings. The lowest BCUT2D eigenvalue weighted by atomic mass is 10.2. The van der Waals surface area contributed by atoms with Gasteiger partial charge in [0, 0.05) is 25.0 Å². The van der Waals surface area contributed by atoms with Crippen molar-refractivity contribution in [1.82, 2.24) is 10.3 Å². The Bertz CT molecular complexity index is 248. The van der Waals surface area contributed by atoms with Crippen LogP contribution in [0, 0.1) is 6.92 Å². The minimum Gasteiger partial charge on any atom is -0.329 e. The summed E-state index contributed by atoms with van der Waals surface area (Å²) in [5, 5.41) is 3.26. The van der Waals surface area contributed by atoms with Crippen LogP contribution in [0.4, 0.5) is 0 Å². The van der Waals surface area contributed by atoms with Crippen LogP contribution >= 0.6 is 0 Å². The summed E-state index contributed by atoms with van der Waals surface area (Å²) in [4.78, 5) is 4.14. The molecule has 0 aliphatic heterocycles. The average molecular weight is 179 g/mol. The van der Waals surface area contributed by atoms with Crippen molar-refractivity contribution in [1.29, 1.82) is 0 Å². The number of pyridine rings is 1. The molecule has 0 radical (unpaired) electrons. The first-order chi connectivity index (χ1) is 6.33. The number of hydrogen-bond acceptors (Lipinski definition) is 3. The summed E-state index contributed by atoms with van der Waals surface area (Å²) in [7, 11) is 0. The maximum absolute atomic E-state index is 5.36.